The highest BCUT2D eigenvalue weighted by molar-refractivity contribution is 7.51. The fourth-order valence-corrected chi connectivity index (χ4v) is 0.945. The number of azide groups is 1. The molecular weight excluding hydrogens is 157 g/mol. The van der Waals surface area contributed by atoms with Crippen LogP contribution in [0.5, 0.6) is 0 Å². The third-order valence-corrected chi connectivity index (χ3v) is 1.67. The lowest BCUT2D eigenvalue weighted by molar-refractivity contribution is 0.372. The van der Waals surface area contributed by atoms with Crippen LogP contribution in [0, 0.1) is 0 Å². The molecule has 0 radical (unpaired) electrons. The van der Waals surface area contributed by atoms with E-state index in [0.29, 0.717) is 0 Å². The minimum atomic E-state index is -3.89. The van der Waals surface area contributed by atoms with Crippen molar-refractivity contribution in [1.29, 1.82) is 0 Å². The summed E-state index contributed by atoms with van der Waals surface area (Å²) in [6.07, 6.45) is 0.0142. The zero-order valence-electron chi connectivity index (χ0n) is 5.21. The van der Waals surface area contributed by atoms with E-state index in [1.165, 1.54) is 0 Å². The quantitative estimate of drug-likeness (QED) is 0.212. The first-order valence-corrected chi connectivity index (χ1v) is 4.41. The highest BCUT2D eigenvalue weighted by Crippen LogP contribution is 2.34. The minimum absolute atomic E-state index is 0.140. The van der Waals surface area contributed by atoms with Gasteiger partial charge < -0.3 is 9.79 Å². The summed E-state index contributed by atoms with van der Waals surface area (Å²) in [5.41, 5.74) is 7.76. The van der Waals surface area contributed by atoms with Crippen molar-refractivity contribution in [2.75, 3.05) is 12.7 Å². The first-order valence-electron chi connectivity index (χ1n) is 2.62. The summed E-state index contributed by atoms with van der Waals surface area (Å²) in [7, 11) is -3.89. The van der Waals surface area contributed by atoms with E-state index < -0.39 is 7.60 Å². The van der Waals surface area contributed by atoms with Crippen molar-refractivity contribution in [2.45, 2.75) is 6.42 Å². The summed E-state index contributed by atoms with van der Waals surface area (Å²) in [5, 5.41) is 3.11. The van der Waals surface area contributed by atoms with Crippen molar-refractivity contribution >= 4 is 7.60 Å². The van der Waals surface area contributed by atoms with Gasteiger partial charge in [0, 0.05) is 17.6 Å². The van der Waals surface area contributed by atoms with Gasteiger partial charge in [-0.05, 0) is 12.0 Å². The number of hydrogen-bond donors (Lipinski definition) is 2. The molecule has 0 aliphatic heterocycles. The third kappa shape index (κ3) is 7.46. The van der Waals surface area contributed by atoms with Crippen molar-refractivity contribution in [3.63, 3.8) is 0 Å². The van der Waals surface area contributed by atoms with E-state index in [2.05, 4.69) is 10.0 Å². The Bertz CT molecular complexity index is 181. The maximum absolute atomic E-state index is 10.2. The first-order chi connectivity index (χ1) is 4.56. The molecule has 0 saturated heterocycles. The monoisotopic (exact) mass is 165 g/mol. The highest BCUT2D eigenvalue weighted by Gasteiger charge is 2.10. The Hall–Kier alpha value is -0.540. The standard InChI is InChI=1S/C3H8N3O3P/c4-6-5-2-1-3-10(7,8)9/h1-3H2,(H2,7,8,9). The Morgan fingerprint density at radius 1 is 1.60 bits per heavy atom. The van der Waals surface area contributed by atoms with Crippen molar-refractivity contribution in [3.05, 3.63) is 10.4 Å². The predicted molar refractivity (Wildman–Crippen MR) is 35.5 cm³/mol. The first kappa shape index (κ1) is 9.46. The molecular formula is C3H8N3O3P. The second kappa shape index (κ2) is 4.30. The van der Waals surface area contributed by atoms with Crippen molar-refractivity contribution in [3.8, 4) is 0 Å². The summed E-state index contributed by atoms with van der Waals surface area (Å²) < 4.78 is 10.2. The third-order valence-electron chi connectivity index (χ3n) is 0.771. The summed E-state index contributed by atoms with van der Waals surface area (Å²) in [6.45, 7) is 0.140. The van der Waals surface area contributed by atoms with Crippen LogP contribution in [-0.2, 0) is 4.57 Å². The fourth-order valence-electron chi connectivity index (χ4n) is 0.392. The summed E-state index contributed by atoms with van der Waals surface area (Å²) >= 11 is 0. The van der Waals surface area contributed by atoms with Crippen LogP contribution < -0.4 is 0 Å². The summed E-state index contributed by atoms with van der Waals surface area (Å²) in [5.74, 6) is 0. The molecule has 0 amide bonds. The second-order valence-corrected chi connectivity index (χ2v) is 3.47. The molecule has 0 unspecified atom stereocenters. The topological polar surface area (TPSA) is 106 Å². The molecule has 0 aromatic carbocycles. The van der Waals surface area contributed by atoms with Gasteiger partial charge >= 0.3 is 7.60 Å². The van der Waals surface area contributed by atoms with Crippen molar-refractivity contribution in [2.24, 2.45) is 5.11 Å². The molecule has 2 N–H and O–H groups in total. The normalized spacial score (nSPS) is 10.6. The summed E-state index contributed by atoms with van der Waals surface area (Å²) in [6, 6.07) is 0. The molecule has 0 fully saturated rings. The van der Waals surface area contributed by atoms with Gasteiger partial charge in [0.15, 0.2) is 0 Å². The molecule has 0 heterocycles. The largest absolute Gasteiger partial charge is 0.325 e. The smallest absolute Gasteiger partial charge is 0.324 e. The summed E-state index contributed by atoms with van der Waals surface area (Å²) in [4.78, 5) is 19.0. The van der Waals surface area contributed by atoms with Crippen molar-refractivity contribution in [1.82, 2.24) is 0 Å². The molecule has 0 aliphatic carbocycles. The van der Waals surface area contributed by atoms with Gasteiger partial charge in [0.05, 0.1) is 0 Å². The van der Waals surface area contributed by atoms with Crippen LogP contribution in [0.1, 0.15) is 6.42 Å². The van der Waals surface area contributed by atoms with Gasteiger partial charge in [-0.2, -0.15) is 0 Å². The van der Waals surface area contributed by atoms with Gasteiger partial charge in [-0.15, -0.1) is 0 Å². The SMILES string of the molecule is [N-]=[N+]=NCCCP(=O)(O)O. The Kier molecular flexibility index (Phi) is 4.07. The lowest BCUT2D eigenvalue weighted by Crippen LogP contribution is -1.89. The maximum Gasteiger partial charge on any atom is 0.325 e. The van der Waals surface area contributed by atoms with E-state index >= 15 is 0 Å². The lowest BCUT2D eigenvalue weighted by Gasteiger charge is -1.98. The molecule has 0 rings (SSSR count). The highest BCUT2D eigenvalue weighted by atomic mass is 31.2. The van der Waals surface area contributed by atoms with Gasteiger partial charge in [0.25, 0.3) is 0 Å². The molecule has 0 spiro atoms. The molecule has 0 aliphatic rings. The number of nitrogens with zero attached hydrogens (tertiary/aromatic N) is 3. The Morgan fingerprint density at radius 3 is 2.60 bits per heavy atom. The van der Waals surface area contributed by atoms with Crippen LogP contribution in [0.15, 0.2) is 5.11 Å². The van der Waals surface area contributed by atoms with Crippen LogP contribution >= 0.6 is 7.60 Å². The molecule has 7 heteroatoms. The van der Waals surface area contributed by atoms with Gasteiger partial charge in [0.2, 0.25) is 0 Å². The molecule has 0 aromatic rings. The van der Waals surface area contributed by atoms with E-state index in [0.717, 1.165) is 0 Å². The van der Waals surface area contributed by atoms with E-state index in [4.69, 9.17) is 15.3 Å². The van der Waals surface area contributed by atoms with E-state index in [1.807, 2.05) is 0 Å². The molecule has 0 aromatic heterocycles. The zero-order valence-corrected chi connectivity index (χ0v) is 6.11. The van der Waals surface area contributed by atoms with Gasteiger partial charge in [-0.1, -0.05) is 5.11 Å². The van der Waals surface area contributed by atoms with Crippen LogP contribution in [0.4, 0.5) is 0 Å². The number of rotatable bonds is 4. The average Bonchev–Trinajstić information content (AvgIpc) is 1.78. The molecule has 0 saturated carbocycles. The second-order valence-electron chi connectivity index (χ2n) is 1.70. The minimum Gasteiger partial charge on any atom is -0.324 e. The lowest BCUT2D eigenvalue weighted by atomic mass is 10.5. The average molecular weight is 165 g/mol. The van der Waals surface area contributed by atoms with E-state index in [-0.39, 0.29) is 19.1 Å². The molecule has 0 atom stereocenters. The van der Waals surface area contributed by atoms with E-state index in [1.54, 1.807) is 0 Å². The van der Waals surface area contributed by atoms with Crippen LogP contribution in [-0.4, -0.2) is 22.5 Å². The molecule has 6 nitrogen and oxygen atoms in total. The van der Waals surface area contributed by atoms with Gasteiger partial charge in [-0.25, -0.2) is 0 Å². The van der Waals surface area contributed by atoms with Crippen LogP contribution in [0.2, 0.25) is 0 Å². The maximum atomic E-state index is 10.2. The predicted octanol–water partition coefficient (Wildman–Crippen LogP) is 0.864. The molecule has 58 valence electrons. The van der Waals surface area contributed by atoms with Crippen LogP contribution in [0.25, 0.3) is 10.4 Å². The molecule has 10 heavy (non-hydrogen) atoms. The van der Waals surface area contributed by atoms with Crippen LogP contribution in [0.3, 0.4) is 0 Å². The van der Waals surface area contributed by atoms with Gasteiger partial charge in [-0.3, -0.25) is 4.57 Å². The fraction of sp³-hybridized carbons (Fsp3) is 1.00. The molecule has 0 bridgehead atoms. The Labute approximate surface area is 57.7 Å². The number of hydrogen-bond acceptors (Lipinski definition) is 2. The van der Waals surface area contributed by atoms with E-state index in [9.17, 15) is 4.57 Å². The van der Waals surface area contributed by atoms with Gasteiger partial charge in [0.1, 0.15) is 0 Å². The Balaban J connectivity index is 3.38. The zero-order chi connectivity index (χ0) is 8.04. The van der Waals surface area contributed by atoms with Crippen molar-refractivity contribution < 1.29 is 14.4 Å². The Morgan fingerprint density at radius 2 is 2.20 bits per heavy atom.